The van der Waals surface area contributed by atoms with E-state index < -0.39 is 42.7 Å². The van der Waals surface area contributed by atoms with E-state index in [4.69, 9.17) is 9.84 Å². The van der Waals surface area contributed by atoms with Gasteiger partial charge in [-0.25, -0.2) is 9.59 Å². The molecule has 1 aliphatic rings. The van der Waals surface area contributed by atoms with Crippen LogP contribution in [0, 0.1) is 0 Å². The highest BCUT2D eigenvalue weighted by Crippen LogP contribution is 2.20. The Morgan fingerprint density at radius 2 is 1.78 bits per heavy atom. The highest BCUT2D eigenvalue weighted by molar-refractivity contribution is 5.73. The Labute approximate surface area is 131 Å². The van der Waals surface area contributed by atoms with Crippen molar-refractivity contribution in [3.63, 3.8) is 0 Å². The Morgan fingerprint density at radius 1 is 1.13 bits per heavy atom. The smallest absolute Gasteiger partial charge is 0.407 e. The molecule has 126 valence electrons. The molecule has 0 unspecified atom stereocenters. The Morgan fingerprint density at radius 3 is 2.39 bits per heavy atom. The third-order valence-electron chi connectivity index (χ3n) is 3.36. The van der Waals surface area contributed by atoms with Gasteiger partial charge in [0.05, 0.1) is 0 Å². The first-order valence-electron chi connectivity index (χ1n) is 6.80. The molecule has 1 aromatic carbocycles. The maximum atomic E-state index is 11.7. The number of carbonyl (C=O) groups excluding carboxylic acids is 1. The van der Waals surface area contributed by atoms with Crippen LogP contribution in [0.15, 0.2) is 30.3 Å². The van der Waals surface area contributed by atoms with Crippen LogP contribution in [0.5, 0.6) is 0 Å². The molecular weight excluding hydrogens is 310 g/mol. The van der Waals surface area contributed by atoms with Gasteiger partial charge in [-0.1, -0.05) is 30.3 Å². The number of ether oxygens (including phenoxy) is 2. The zero-order valence-electron chi connectivity index (χ0n) is 11.9. The van der Waals surface area contributed by atoms with Gasteiger partial charge in [0.1, 0.15) is 24.9 Å². The van der Waals surface area contributed by atoms with Crippen LogP contribution in [0.2, 0.25) is 0 Å². The number of amides is 1. The van der Waals surface area contributed by atoms with Gasteiger partial charge in [0.15, 0.2) is 12.4 Å². The maximum Gasteiger partial charge on any atom is 0.407 e. The van der Waals surface area contributed by atoms with Crippen LogP contribution in [0.4, 0.5) is 4.79 Å². The van der Waals surface area contributed by atoms with Gasteiger partial charge < -0.3 is 35.2 Å². The van der Waals surface area contributed by atoms with E-state index in [1.165, 1.54) is 0 Å². The van der Waals surface area contributed by atoms with Crippen molar-refractivity contribution >= 4 is 12.1 Å². The minimum absolute atomic E-state index is 0.0350. The normalized spacial score (nSPS) is 30.5. The van der Waals surface area contributed by atoms with Gasteiger partial charge in [0.25, 0.3) is 0 Å². The summed E-state index contributed by atoms with van der Waals surface area (Å²) in [5.74, 6) is -1.54. The molecule has 9 nitrogen and oxygen atoms in total. The monoisotopic (exact) mass is 327 g/mol. The van der Waals surface area contributed by atoms with E-state index in [2.05, 4.69) is 10.1 Å². The number of carboxylic acid groups (broad SMARTS) is 1. The van der Waals surface area contributed by atoms with Crippen molar-refractivity contribution in [3.05, 3.63) is 35.9 Å². The maximum absolute atomic E-state index is 11.7. The molecule has 0 saturated carbocycles. The molecule has 1 heterocycles. The molecule has 0 aromatic heterocycles. The fourth-order valence-corrected chi connectivity index (χ4v) is 2.14. The van der Waals surface area contributed by atoms with Gasteiger partial charge in [-0.2, -0.15) is 0 Å². The third-order valence-corrected chi connectivity index (χ3v) is 3.36. The van der Waals surface area contributed by atoms with Crippen LogP contribution in [-0.4, -0.2) is 63.1 Å². The summed E-state index contributed by atoms with van der Waals surface area (Å²) < 4.78 is 9.59. The Bertz CT molecular complexity index is 551. The largest absolute Gasteiger partial charge is 0.479 e. The Kier molecular flexibility index (Phi) is 5.50. The quantitative estimate of drug-likeness (QED) is 0.464. The minimum atomic E-state index is -1.81. The van der Waals surface area contributed by atoms with E-state index in [1.54, 1.807) is 30.3 Å². The summed E-state index contributed by atoms with van der Waals surface area (Å²) in [6, 6.07) is 7.38. The highest BCUT2D eigenvalue weighted by Gasteiger charge is 2.47. The number of benzene rings is 1. The van der Waals surface area contributed by atoms with Crippen LogP contribution in [0.25, 0.3) is 0 Å². The van der Waals surface area contributed by atoms with Gasteiger partial charge in [0.2, 0.25) is 0 Å². The first kappa shape index (κ1) is 17.2. The predicted octanol–water partition coefficient (Wildman–Crippen LogP) is -1.19. The Balaban J connectivity index is 1.91. The molecule has 1 fully saturated rings. The van der Waals surface area contributed by atoms with Crippen molar-refractivity contribution < 1.29 is 39.5 Å². The van der Waals surface area contributed by atoms with Crippen LogP contribution in [0.3, 0.4) is 0 Å². The first-order chi connectivity index (χ1) is 10.9. The lowest BCUT2D eigenvalue weighted by Gasteiger charge is -2.38. The molecule has 5 N–H and O–H groups in total. The third kappa shape index (κ3) is 4.17. The lowest BCUT2D eigenvalue weighted by Crippen LogP contribution is -2.65. The molecule has 1 aromatic rings. The topological polar surface area (TPSA) is 146 Å². The summed E-state index contributed by atoms with van der Waals surface area (Å²) in [6.45, 7) is -0.0350. The van der Waals surface area contributed by atoms with Gasteiger partial charge in [-0.3, -0.25) is 0 Å². The molecule has 0 aliphatic carbocycles. The van der Waals surface area contributed by atoms with Crippen molar-refractivity contribution in [2.24, 2.45) is 0 Å². The second-order valence-electron chi connectivity index (χ2n) is 5.00. The zero-order valence-corrected chi connectivity index (χ0v) is 11.9. The predicted molar refractivity (Wildman–Crippen MR) is 74.1 cm³/mol. The standard InChI is InChI=1S/C14H17NO8/c16-9-8(13(20)23-11(10(9)17)12(18)19)15-14(21)22-6-7-4-2-1-3-5-7/h1-5,8-11,13,16-17,20H,6H2,(H,15,21)(H,18,19)/t8-,9-,10+,11+,13-/m1/s1. The van der Waals surface area contributed by atoms with Crippen molar-refractivity contribution in [2.75, 3.05) is 0 Å². The van der Waals surface area contributed by atoms with Gasteiger partial charge >= 0.3 is 12.1 Å². The summed E-state index contributed by atoms with van der Waals surface area (Å²) in [5.41, 5.74) is 0.731. The molecule has 0 spiro atoms. The van der Waals surface area contributed by atoms with E-state index in [0.717, 1.165) is 5.56 Å². The minimum Gasteiger partial charge on any atom is -0.479 e. The van der Waals surface area contributed by atoms with Crippen LogP contribution < -0.4 is 5.32 Å². The molecule has 2 rings (SSSR count). The average Bonchev–Trinajstić information content (AvgIpc) is 2.53. The first-order valence-corrected chi connectivity index (χ1v) is 6.80. The number of alkyl carbamates (subject to hydrolysis) is 1. The van der Waals surface area contributed by atoms with Crippen molar-refractivity contribution in [3.8, 4) is 0 Å². The van der Waals surface area contributed by atoms with E-state index >= 15 is 0 Å². The van der Waals surface area contributed by atoms with Crippen molar-refractivity contribution in [1.82, 2.24) is 5.32 Å². The number of aliphatic hydroxyl groups excluding tert-OH is 3. The van der Waals surface area contributed by atoms with Crippen molar-refractivity contribution in [1.29, 1.82) is 0 Å². The van der Waals surface area contributed by atoms with Crippen LogP contribution in [-0.2, 0) is 20.9 Å². The fraction of sp³-hybridized carbons (Fsp3) is 0.429. The number of carbonyl (C=O) groups is 2. The number of aliphatic carboxylic acids is 1. The SMILES string of the molecule is O=C(N[C@@H]1[C@@H](O)[C@H](O)[C@@H](C(=O)O)O[C@H]1O)OCc1ccccc1. The number of hydrogen-bond donors (Lipinski definition) is 5. The lowest BCUT2D eigenvalue weighted by atomic mass is 9.97. The summed E-state index contributed by atoms with van der Waals surface area (Å²) in [5, 5.41) is 40.1. The molecular formula is C14H17NO8. The number of carboxylic acids is 1. The lowest BCUT2D eigenvalue weighted by molar-refractivity contribution is -0.248. The summed E-state index contributed by atoms with van der Waals surface area (Å²) >= 11 is 0. The molecule has 23 heavy (non-hydrogen) atoms. The number of hydrogen-bond acceptors (Lipinski definition) is 7. The molecule has 0 bridgehead atoms. The summed E-state index contributed by atoms with van der Waals surface area (Å²) in [7, 11) is 0. The molecule has 9 heteroatoms. The Hall–Kier alpha value is -2.20. The number of aliphatic hydroxyl groups is 3. The number of rotatable bonds is 4. The summed E-state index contributed by atoms with van der Waals surface area (Å²) in [6.07, 6.45) is -8.10. The van der Waals surface area contributed by atoms with Gasteiger partial charge in [-0.05, 0) is 5.56 Å². The molecule has 0 radical (unpaired) electrons. The van der Waals surface area contributed by atoms with Gasteiger partial charge in [0, 0.05) is 0 Å². The molecule has 1 saturated heterocycles. The second-order valence-corrected chi connectivity index (χ2v) is 5.00. The average molecular weight is 327 g/mol. The van der Waals surface area contributed by atoms with Crippen LogP contribution in [0.1, 0.15) is 5.56 Å². The van der Waals surface area contributed by atoms with E-state index in [1.807, 2.05) is 0 Å². The molecule has 1 amide bonds. The van der Waals surface area contributed by atoms with E-state index in [9.17, 15) is 24.9 Å². The molecule has 5 atom stereocenters. The van der Waals surface area contributed by atoms with E-state index in [0.29, 0.717) is 0 Å². The summed E-state index contributed by atoms with van der Waals surface area (Å²) in [4.78, 5) is 22.5. The number of nitrogens with one attached hydrogen (secondary N) is 1. The fourth-order valence-electron chi connectivity index (χ4n) is 2.14. The molecule has 1 aliphatic heterocycles. The van der Waals surface area contributed by atoms with Crippen molar-refractivity contribution in [2.45, 2.75) is 37.3 Å². The highest BCUT2D eigenvalue weighted by atomic mass is 16.6. The van der Waals surface area contributed by atoms with Crippen LogP contribution >= 0.6 is 0 Å². The zero-order chi connectivity index (χ0) is 17.0. The van der Waals surface area contributed by atoms with E-state index in [-0.39, 0.29) is 6.61 Å². The van der Waals surface area contributed by atoms with Gasteiger partial charge in [-0.15, -0.1) is 0 Å². The second kappa shape index (κ2) is 7.38.